The van der Waals surface area contributed by atoms with Crippen molar-refractivity contribution in [3.63, 3.8) is 0 Å². The lowest BCUT2D eigenvalue weighted by Gasteiger charge is -2.42. The van der Waals surface area contributed by atoms with Crippen LogP contribution in [0.1, 0.15) is 80.1 Å². The topological polar surface area (TPSA) is 35.5 Å². The molecule has 0 N–H and O–H groups in total. The maximum atomic E-state index is 15.0. The molecule has 3 nitrogen and oxygen atoms in total. The molecule has 0 amide bonds. The molecule has 2 saturated carbocycles. The van der Waals surface area contributed by atoms with E-state index >= 15 is 0 Å². The number of carbonyl (C=O) groups is 1. The molecular formula is C31H36F2O3. The van der Waals surface area contributed by atoms with Gasteiger partial charge in [0, 0.05) is 6.07 Å². The second-order valence-electron chi connectivity index (χ2n) is 10.2. The number of hydrogen-bond donors (Lipinski definition) is 0. The van der Waals surface area contributed by atoms with Gasteiger partial charge in [-0.15, -0.1) is 6.58 Å². The maximum absolute atomic E-state index is 15.0. The number of carbonyl (C=O) groups excluding carboxylic acids is 1. The van der Waals surface area contributed by atoms with Crippen molar-refractivity contribution in [2.24, 2.45) is 17.8 Å². The Balaban J connectivity index is 1.36. The summed E-state index contributed by atoms with van der Waals surface area (Å²) in [5.41, 5.74) is 0.744. The van der Waals surface area contributed by atoms with Crippen molar-refractivity contribution in [3.8, 4) is 11.5 Å². The van der Waals surface area contributed by atoms with Gasteiger partial charge in [0.1, 0.15) is 18.2 Å². The molecule has 192 valence electrons. The summed E-state index contributed by atoms with van der Waals surface area (Å²) in [4.78, 5) is 12.6. The highest BCUT2D eigenvalue weighted by Crippen LogP contribution is 2.48. The van der Waals surface area contributed by atoms with Gasteiger partial charge in [-0.2, -0.15) is 0 Å². The molecule has 2 aromatic rings. The van der Waals surface area contributed by atoms with Crippen LogP contribution in [-0.4, -0.2) is 12.6 Å². The van der Waals surface area contributed by atoms with E-state index in [1.807, 2.05) is 25.1 Å². The largest absolute Gasteiger partial charge is 0.489 e. The van der Waals surface area contributed by atoms with Crippen molar-refractivity contribution in [2.45, 2.75) is 64.2 Å². The number of esters is 1. The molecular weight excluding hydrogens is 458 g/mol. The van der Waals surface area contributed by atoms with Crippen LogP contribution in [0.15, 0.2) is 61.2 Å². The van der Waals surface area contributed by atoms with Crippen molar-refractivity contribution in [1.82, 2.24) is 0 Å². The zero-order valence-corrected chi connectivity index (χ0v) is 21.1. The number of hydrogen-bond acceptors (Lipinski definition) is 3. The van der Waals surface area contributed by atoms with E-state index in [0.717, 1.165) is 42.7 Å². The minimum Gasteiger partial charge on any atom is -0.489 e. The van der Waals surface area contributed by atoms with E-state index < -0.39 is 17.6 Å². The minimum atomic E-state index is -0.915. The van der Waals surface area contributed by atoms with Gasteiger partial charge in [0.25, 0.3) is 0 Å². The molecule has 0 aliphatic heterocycles. The van der Waals surface area contributed by atoms with Crippen LogP contribution in [0.5, 0.6) is 11.5 Å². The fourth-order valence-electron chi connectivity index (χ4n) is 5.91. The van der Waals surface area contributed by atoms with Crippen LogP contribution in [0.25, 0.3) is 0 Å². The molecule has 2 aromatic carbocycles. The highest BCUT2D eigenvalue weighted by atomic mass is 19.1. The van der Waals surface area contributed by atoms with E-state index in [1.165, 1.54) is 56.4 Å². The SMILES string of the molecule is C=CCCC1CCC2CC(c3ccc(C(=O)Oc4ccc(OC/C=C/C)cc4F)c(F)c3)CCC2C1. The Labute approximate surface area is 213 Å². The third kappa shape index (κ3) is 6.43. The average molecular weight is 495 g/mol. The van der Waals surface area contributed by atoms with Gasteiger partial charge in [-0.05, 0) is 105 Å². The first-order valence-electron chi connectivity index (χ1n) is 13.1. The third-order valence-corrected chi connectivity index (χ3v) is 7.87. The molecule has 0 aromatic heterocycles. The summed E-state index contributed by atoms with van der Waals surface area (Å²) in [5, 5.41) is 0. The molecule has 0 saturated heterocycles. The van der Waals surface area contributed by atoms with Gasteiger partial charge in [0.15, 0.2) is 11.6 Å². The van der Waals surface area contributed by atoms with E-state index in [1.54, 1.807) is 6.08 Å². The van der Waals surface area contributed by atoms with E-state index in [9.17, 15) is 13.6 Å². The van der Waals surface area contributed by atoms with Crippen molar-refractivity contribution >= 4 is 5.97 Å². The average Bonchev–Trinajstić information content (AvgIpc) is 2.88. The van der Waals surface area contributed by atoms with Crippen molar-refractivity contribution in [3.05, 3.63) is 84.0 Å². The van der Waals surface area contributed by atoms with Gasteiger partial charge in [-0.1, -0.05) is 30.7 Å². The van der Waals surface area contributed by atoms with Gasteiger partial charge in [0.2, 0.25) is 0 Å². The van der Waals surface area contributed by atoms with E-state index in [-0.39, 0.29) is 11.3 Å². The van der Waals surface area contributed by atoms with Gasteiger partial charge < -0.3 is 9.47 Å². The van der Waals surface area contributed by atoms with Gasteiger partial charge >= 0.3 is 5.97 Å². The first-order chi connectivity index (χ1) is 17.5. The standard InChI is InChI=1S/C31H36F2O3/c1-3-5-7-21-8-9-23-18-24(11-10-22(23)17-21)25-12-14-27(28(32)19-25)31(34)36-30-15-13-26(20-29(30)33)35-16-6-4-2/h3-4,6,12-15,19-24H,1,5,7-11,16-18H2,2H3/b6-4+. The lowest BCUT2D eigenvalue weighted by Crippen LogP contribution is -2.30. The van der Waals surface area contributed by atoms with Crippen LogP contribution in [0.4, 0.5) is 8.78 Å². The van der Waals surface area contributed by atoms with E-state index in [2.05, 4.69) is 6.58 Å². The van der Waals surface area contributed by atoms with Crippen molar-refractivity contribution < 1.29 is 23.0 Å². The number of allylic oxidation sites excluding steroid dienone is 2. The molecule has 0 bridgehead atoms. The van der Waals surface area contributed by atoms with Gasteiger partial charge in [0.05, 0.1) is 5.56 Å². The Bertz CT molecular complexity index is 1090. The lowest BCUT2D eigenvalue weighted by molar-refractivity contribution is 0.0722. The zero-order valence-electron chi connectivity index (χ0n) is 21.1. The molecule has 4 atom stereocenters. The molecule has 2 aliphatic carbocycles. The molecule has 4 rings (SSSR count). The molecule has 0 spiro atoms. The lowest BCUT2D eigenvalue weighted by atomic mass is 9.63. The Kier molecular flexibility index (Phi) is 8.95. The second kappa shape index (κ2) is 12.3. The summed E-state index contributed by atoms with van der Waals surface area (Å²) >= 11 is 0. The van der Waals surface area contributed by atoms with Crippen molar-refractivity contribution in [1.29, 1.82) is 0 Å². The number of fused-ring (bicyclic) bond motifs is 1. The maximum Gasteiger partial charge on any atom is 0.346 e. The number of halogens is 2. The van der Waals surface area contributed by atoms with Crippen LogP contribution < -0.4 is 9.47 Å². The normalized spacial score (nSPS) is 23.8. The number of benzene rings is 2. The predicted molar refractivity (Wildman–Crippen MR) is 138 cm³/mol. The molecule has 36 heavy (non-hydrogen) atoms. The number of rotatable bonds is 9. The smallest absolute Gasteiger partial charge is 0.346 e. The fraction of sp³-hybridized carbons (Fsp3) is 0.452. The van der Waals surface area contributed by atoms with Gasteiger partial charge in [-0.3, -0.25) is 0 Å². The fourth-order valence-corrected chi connectivity index (χ4v) is 5.91. The van der Waals surface area contributed by atoms with Gasteiger partial charge in [-0.25, -0.2) is 13.6 Å². The summed E-state index contributed by atoms with van der Waals surface area (Å²) in [6.07, 6.45) is 15.1. The summed E-state index contributed by atoms with van der Waals surface area (Å²) in [6.45, 7) is 6.02. The highest BCUT2D eigenvalue weighted by Gasteiger charge is 2.36. The van der Waals surface area contributed by atoms with Crippen LogP contribution >= 0.6 is 0 Å². The Hall–Kier alpha value is -2.95. The summed E-state index contributed by atoms with van der Waals surface area (Å²) in [6, 6.07) is 8.74. The van der Waals surface area contributed by atoms with E-state index in [4.69, 9.17) is 9.47 Å². The van der Waals surface area contributed by atoms with Crippen LogP contribution in [0.2, 0.25) is 0 Å². The highest BCUT2D eigenvalue weighted by molar-refractivity contribution is 5.91. The molecule has 0 heterocycles. The first kappa shape index (κ1) is 26.1. The Morgan fingerprint density at radius 3 is 2.58 bits per heavy atom. The Morgan fingerprint density at radius 1 is 1.03 bits per heavy atom. The quantitative estimate of drug-likeness (QED) is 0.199. The van der Waals surface area contributed by atoms with E-state index in [0.29, 0.717) is 24.2 Å². The summed E-state index contributed by atoms with van der Waals surface area (Å²) < 4.78 is 39.9. The molecule has 4 unspecified atom stereocenters. The third-order valence-electron chi connectivity index (χ3n) is 7.87. The number of ether oxygens (including phenoxy) is 2. The summed E-state index contributed by atoms with van der Waals surface area (Å²) in [5.74, 6) is 0.377. The summed E-state index contributed by atoms with van der Waals surface area (Å²) in [7, 11) is 0. The Morgan fingerprint density at radius 2 is 1.83 bits per heavy atom. The predicted octanol–water partition coefficient (Wildman–Crippen LogP) is 8.41. The minimum absolute atomic E-state index is 0.192. The monoisotopic (exact) mass is 494 g/mol. The molecule has 2 aliphatic rings. The van der Waals surface area contributed by atoms with Crippen LogP contribution in [0, 0.1) is 29.4 Å². The molecule has 0 radical (unpaired) electrons. The molecule has 2 fully saturated rings. The van der Waals surface area contributed by atoms with Crippen molar-refractivity contribution in [2.75, 3.05) is 6.61 Å². The molecule has 5 heteroatoms. The second-order valence-corrected chi connectivity index (χ2v) is 10.2. The van der Waals surface area contributed by atoms with Crippen LogP contribution in [0.3, 0.4) is 0 Å². The first-order valence-corrected chi connectivity index (χ1v) is 13.1. The van der Waals surface area contributed by atoms with Crippen LogP contribution in [-0.2, 0) is 0 Å². The zero-order chi connectivity index (χ0) is 25.5.